The lowest BCUT2D eigenvalue weighted by Crippen LogP contribution is -2.51. The van der Waals surface area contributed by atoms with E-state index in [-0.39, 0.29) is 77.7 Å². The molecule has 0 radical (unpaired) electrons. The number of fused-ring (bicyclic) bond motifs is 2. The number of hydrogen-bond acceptors (Lipinski definition) is 12. The van der Waals surface area contributed by atoms with E-state index < -0.39 is 35.7 Å². The van der Waals surface area contributed by atoms with E-state index in [9.17, 15) is 32.7 Å². The summed E-state index contributed by atoms with van der Waals surface area (Å²) < 4.78 is 48.1. The van der Waals surface area contributed by atoms with Gasteiger partial charge in [-0.25, -0.2) is 9.97 Å². The van der Waals surface area contributed by atoms with Crippen molar-refractivity contribution in [3.05, 3.63) is 80.7 Å². The van der Waals surface area contributed by atoms with Crippen LogP contribution in [0.15, 0.2) is 51.9 Å². The second-order valence-corrected chi connectivity index (χ2v) is 12.7. The van der Waals surface area contributed by atoms with Gasteiger partial charge in [-0.2, -0.15) is 27.7 Å². The molecule has 16 nitrogen and oxygen atoms in total. The highest BCUT2D eigenvalue weighted by molar-refractivity contribution is 6.33. The van der Waals surface area contributed by atoms with Crippen molar-refractivity contribution in [3.63, 3.8) is 0 Å². The number of piperazine rings is 1. The van der Waals surface area contributed by atoms with Gasteiger partial charge < -0.3 is 34.5 Å². The van der Waals surface area contributed by atoms with E-state index in [1.807, 2.05) is 0 Å². The lowest BCUT2D eigenvalue weighted by atomic mass is 10.2. The Kier molecular flexibility index (Phi) is 9.34. The predicted molar refractivity (Wildman–Crippen MR) is 191 cm³/mol. The van der Waals surface area contributed by atoms with Crippen molar-refractivity contribution in [3.8, 4) is 17.1 Å². The highest BCUT2D eigenvalue weighted by Gasteiger charge is 2.32. The summed E-state index contributed by atoms with van der Waals surface area (Å²) in [4.78, 5) is 61.4. The first kappa shape index (κ1) is 36.1. The van der Waals surface area contributed by atoms with Crippen LogP contribution in [0.4, 0.5) is 30.6 Å². The molecule has 3 N–H and O–H groups in total. The van der Waals surface area contributed by atoms with Gasteiger partial charge in [0, 0.05) is 38.8 Å². The summed E-state index contributed by atoms with van der Waals surface area (Å²) in [6.07, 6.45) is -3.18. The molecule has 1 aliphatic heterocycles. The highest BCUT2D eigenvalue weighted by atomic mass is 35.5. The average Bonchev–Trinajstić information content (AvgIpc) is 3.79. The van der Waals surface area contributed by atoms with Crippen molar-refractivity contribution in [1.29, 1.82) is 0 Å². The van der Waals surface area contributed by atoms with Crippen molar-refractivity contribution in [2.45, 2.75) is 33.0 Å². The van der Waals surface area contributed by atoms with Crippen LogP contribution in [0.2, 0.25) is 5.02 Å². The molecule has 7 rings (SSSR count). The van der Waals surface area contributed by atoms with Gasteiger partial charge >= 0.3 is 6.18 Å². The topological polar surface area (TPSA) is 189 Å². The Hall–Kier alpha value is -6.24. The first-order valence-electron chi connectivity index (χ1n) is 16.6. The third kappa shape index (κ3) is 6.61. The molecular formula is C34H31ClF3N11O5. The van der Waals surface area contributed by atoms with E-state index in [1.54, 1.807) is 44.0 Å². The maximum absolute atomic E-state index is 14.3. The quantitative estimate of drug-likeness (QED) is 0.199. The van der Waals surface area contributed by atoms with Crippen LogP contribution in [0.3, 0.4) is 0 Å². The monoisotopic (exact) mass is 765 g/mol. The number of carbonyl (C=O) groups is 2. The molecule has 20 heteroatoms. The first-order valence-corrected chi connectivity index (χ1v) is 17.0. The van der Waals surface area contributed by atoms with Gasteiger partial charge in [-0.3, -0.25) is 14.4 Å². The minimum Gasteiger partial charge on any atom is -0.504 e. The second kappa shape index (κ2) is 14.0. The fourth-order valence-electron chi connectivity index (χ4n) is 6.25. The number of amides is 2. The largest absolute Gasteiger partial charge is 0.504 e. The van der Waals surface area contributed by atoms with Crippen molar-refractivity contribution >= 4 is 57.7 Å². The molecule has 6 aromatic rings. The van der Waals surface area contributed by atoms with Crippen LogP contribution in [-0.4, -0.2) is 89.2 Å². The van der Waals surface area contributed by atoms with Gasteiger partial charge in [-0.1, -0.05) is 18.5 Å². The zero-order valence-corrected chi connectivity index (χ0v) is 29.7. The Morgan fingerprint density at radius 3 is 2.50 bits per heavy atom. The lowest BCUT2D eigenvalue weighted by molar-refractivity contribution is -0.137. The maximum Gasteiger partial charge on any atom is 0.416 e. The van der Waals surface area contributed by atoms with E-state index in [2.05, 4.69) is 35.7 Å². The number of carbonyl (C=O) groups excluding carboxylic acids is 2. The molecular weight excluding hydrogens is 735 g/mol. The van der Waals surface area contributed by atoms with Crippen LogP contribution in [0.25, 0.3) is 28.3 Å². The van der Waals surface area contributed by atoms with Crippen LogP contribution in [0, 0.1) is 6.92 Å². The number of nitrogens with one attached hydrogen (secondary N) is 2. The van der Waals surface area contributed by atoms with Gasteiger partial charge in [0.15, 0.2) is 22.9 Å². The maximum atomic E-state index is 14.3. The molecule has 1 aliphatic rings. The van der Waals surface area contributed by atoms with Gasteiger partial charge in [0.25, 0.3) is 17.5 Å². The Morgan fingerprint density at radius 1 is 1.06 bits per heavy atom. The summed E-state index contributed by atoms with van der Waals surface area (Å²) in [7, 11) is 1.66. The van der Waals surface area contributed by atoms with Gasteiger partial charge in [-0.05, 0) is 49.7 Å². The van der Waals surface area contributed by atoms with Crippen LogP contribution < -0.4 is 21.1 Å². The van der Waals surface area contributed by atoms with Gasteiger partial charge in [0.1, 0.15) is 24.1 Å². The Balaban J connectivity index is 1.27. The highest BCUT2D eigenvalue weighted by Crippen LogP contribution is 2.34. The van der Waals surface area contributed by atoms with Crippen LogP contribution in [0.1, 0.15) is 34.4 Å². The van der Waals surface area contributed by atoms with Crippen molar-refractivity contribution in [2.75, 3.05) is 48.8 Å². The van der Waals surface area contributed by atoms with Crippen molar-refractivity contribution in [1.82, 2.24) is 39.0 Å². The molecule has 1 saturated heterocycles. The van der Waals surface area contributed by atoms with Crippen molar-refractivity contribution in [2.24, 2.45) is 0 Å². The number of benzene rings is 2. The van der Waals surface area contributed by atoms with E-state index in [0.29, 0.717) is 28.4 Å². The van der Waals surface area contributed by atoms with E-state index >= 15 is 0 Å². The summed E-state index contributed by atoms with van der Waals surface area (Å²) in [5.74, 6) is -1.29. The van der Waals surface area contributed by atoms with Crippen LogP contribution >= 0.6 is 11.6 Å². The van der Waals surface area contributed by atoms with E-state index in [0.717, 1.165) is 22.7 Å². The number of alkyl halides is 3. The minimum absolute atomic E-state index is 0.0290. The van der Waals surface area contributed by atoms with E-state index in [4.69, 9.17) is 16.0 Å². The summed E-state index contributed by atoms with van der Waals surface area (Å²) in [6.45, 7) is 3.67. The Bertz CT molecular complexity index is 2510. The lowest BCUT2D eigenvalue weighted by Gasteiger charge is -2.36. The summed E-state index contributed by atoms with van der Waals surface area (Å²) in [5, 5.41) is 20.0. The van der Waals surface area contributed by atoms with Crippen molar-refractivity contribution < 1.29 is 32.3 Å². The Morgan fingerprint density at radius 2 is 1.81 bits per heavy atom. The number of rotatable bonds is 8. The van der Waals surface area contributed by atoms with Gasteiger partial charge in [0.2, 0.25) is 11.7 Å². The third-order valence-corrected chi connectivity index (χ3v) is 9.30. The molecule has 1 fully saturated rings. The molecule has 4 aromatic heterocycles. The van der Waals surface area contributed by atoms with Gasteiger partial charge in [-0.15, -0.1) is 5.10 Å². The second-order valence-electron chi connectivity index (χ2n) is 12.3. The number of aromatic nitrogens is 7. The van der Waals surface area contributed by atoms with Gasteiger partial charge in [0.05, 0.1) is 27.7 Å². The first-order chi connectivity index (χ1) is 25.8. The smallest absolute Gasteiger partial charge is 0.416 e. The zero-order chi connectivity index (χ0) is 38.5. The third-order valence-electron chi connectivity index (χ3n) is 8.98. The van der Waals surface area contributed by atoms with Crippen LogP contribution in [0.5, 0.6) is 5.75 Å². The standard InChI is InChI=1S/C34H31ClF3N11O5/c1-4-23-27(46-9-11-47(12-10-46)30(52)26-28(51)17(2)40-16-41-26)31(53)49-33(44-29(45-49)18-5-7-22-24(13-18)54-32(39-3)43-22)48(23)15-25(50)42-21-8-6-19(14-20(21)35)34(36,37)38/h5-8,13-14,16,51H,4,9-12,15H2,1-3H3,(H,39,43)(H,42,50). The molecule has 2 amide bonds. The number of halogens is 4. The normalized spacial score (nSPS) is 13.5. The Labute approximate surface area is 308 Å². The summed E-state index contributed by atoms with van der Waals surface area (Å²) in [6, 6.07) is 7.98. The molecule has 54 heavy (non-hydrogen) atoms. The minimum atomic E-state index is -4.63. The number of nitrogens with zero attached hydrogens (tertiary/aromatic N) is 9. The van der Waals surface area contributed by atoms with Crippen LogP contribution in [-0.2, 0) is 23.9 Å². The molecule has 0 saturated carbocycles. The zero-order valence-electron chi connectivity index (χ0n) is 28.9. The number of oxazole rings is 1. The molecule has 0 unspecified atom stereocenters. The number of aryl methyl sites for hydroxylation is 1. The molecule has 2 aromatic carbocycles. The molecule has 280 valence electrons. The fourth-order valence-corrected chi connectivity index (χ4v) is 6.48. The molecule has 0 bridgehead atoms. The molecule has 5 heterocycles. The summed E-state index contributed by atoms with van der Waals surface area (Å²) in [5.41, 5.74) is 0.735. The number of aromatic hydroxyl groups is 1. The summed E-state index contributed by atoms with van der Waals surface area (Å²) >= 11 is 6.14. The molecule has 0 spiro atoms. The predicted octanol–water partition coefficient (Wildman–Crippen LogP) is 4.38. The average molecular weight is 766 g/mol. The molecule has 0 atom stereocenters. The number of anilines is 3. The SMILES string of the molecule is CCc1c(N2CCN(C(=O)c3ncnc(C)c3O)CC2)c(=O)n2nc(-c3ccc4nc(NC)oc4c3)nc2n1CC(=O)Nc1ccc(C(F)(F)F)cc1Cl. The molecule has 0 aliphatic carbocycles. The number of hydrogen-bond donors (Lipinski definition) is 3. The van der Waals surface area contributed by atoms with E-state index in [1.165, 1.54) is 15.8 Å². The fraction of sp³-hybridized carbons (Fsp3) is 0.294.